The van der Waals surface area contributed by atoms with E-state index in [1.807, 2.05) is 0 Å². The average molecular weight is 470 g/mol. The largest absolute Gasteiger partial charge is 0.377 e. The lowest BCUT2D eigenvalue weighted by Crippen LogP contribution is -2.34. The molecule has 0 aromatic heterocycles. The molecule has 0 spiro atoms. The van der Waals surface area contributed by atoms with E-state index >= 15 is 0 Å². The van der Waals surface area contributed by atoms with Crippen molar-refractivity contribution in [1.82, 2.24) is 21.8 Å². The predicted octanol–water partition coefficient (Wildman–Crippen LogP) is 3.50. The fourth-order valence-corrected chi connectivity index (χ4v) is 3.65. The molecule has 0 aliphatic carbocycles. The summed E-state index contributed by atoms with van der Waals surface area (Å²) in [5.74, 6) is 1.12. The standard InChI is InChI=1S/C24H47N5O4/c1-22(30)21-33-20-19-32-18-17-25-24(31)16-14-12-10-8-6-4-2-3-5-7-9-11-13-15-23-26-28-29-27-23/h28-29H,2-21H2,1H3,(H,25,31)(H,26,27). The molecule has 33 heavy (non-hydrogen) atoms. The van der Waals surface area contributed by atoms with Crippen molar-refractivity contribution < 1.29 is 19.1 Å². The van der Waals surface area contributed by atoms with Crippen molar-refractivity contribution in [2.24, 2.45) is 5.10 Å². The average Bonchev–Trinajstić information content (AvgIpc) is 3.31. The van der Waals surface area contributed by atoms with Crippen LogP contribution in [0.5, 0.6) is 0 Å². The van der Waals surface area contributed by atoms with Crippen LogP contribution in [0.4, 0.5) is 0 Å². The molecule has 1 aliphatic heterocycles. The quantitative estimate of drug-likeness (QED) is 0.160. The zero-order chi connectivity index (χ0) is 23.8. The number of amidine groups is 1. The molecule has 4 N–H and O–H groups in total. The molecule has 0 aromatic carbocycles. The number of ether oxygens (including phenoxy) is 2. The van der Waals surface area contributed by atoms with E-state index in [-0.39, 0.29) is 18.3 Å². The van der Waals surface area contributed by atoms with E-state index in [2.05, 4.69) is 26.9 Å². The summed E-state index contributed by atoms with van der Waals surface area (Å²) in [6.45, 7) is 3.46. The number of nitrogens with zero attached hydrogens (tertiary/aromatic N) is 1. The lowest BCUT2D eigenvalue weighted by Gasteiger charge is -2.07. The molecule has 9 nitrogen and oxygen atoms in total. The molecule has 1 amide bonds. The maximum absolute atomic E-state index is 11.8. The number of unbranched alkanes of at least 4 members (excludes halogenated alkanes) is 12. The van der Waals surface area contributed by atoms with Crippen LogP contribution in [0.2, 0.25) is 0 Å². The number of rotatable bonds is 24. The van der Waals surface area contributed by atoms with Gasteiger partial charge in [0.1, 0.15) is 12.4 Å². The van der Waals surface area contributed by atoms with E-state index in [1.165, 1.54) is 77.6 Å². The van der Waals surface area contributed by atoms with Gasteiger partial charge in [0.25, 0.3) is 0 Å². The second-order valence-electron chi connectivity index (χ2n) is 8.73. The second kappa shape index (κ2) is 22.1. The highest BCUT2D eigenvalue weighted by Gasteiger charge is 2.03. The topological polar surface area (TPSA) is 113 Å². The number of ketones is 1. The lowest BCUT2D eigenvalue weighted by molar-refractivity contribution is -0.123. The molecule has 0 fully saturated rings. The van der Waals surface area contributed by atoms with Crippen molar-refractivity contribution in [1.29, 1.82) is 0 Å². The molecule has 192 valence electrons. The SMILES string of the molecule is CC(=O)COCCOCCNC(=O)CCCCCCCCCCCCCCCC1=NNNN1. The summed E-state index contributed by atoms with van der Waals surface area (Å²) in [6.07, 6.45) is 18.1. The van der Waals surface area contributed by atoms with Crippen LogP contribution in [0.25, 0.3) is 0 Å². The Labute approximate surface area is 200 Å². The molecule has 0 saturated heterocycles. The smallest absolute Gasteiger partial charge is 0.220 e. The third-order valence-electron chi connectivity index (χ3n) is 5.52. The molecule has 0 unspecified atom stereocenters. The number of hydrazone groups is 1. The Morgan fingerprint density at radius 3 is 1.94 bits per heavy atom. The molecule has 0 atom stereocenters. The minimum atomic E-state index is 0.00999. The summed E-state index contributed by atoms with van der Waals surface area (Å²) < 4.78 is 10.5. The number of hydrogen-bond acceptors (Lipinski definition) is 8. The number of hydrazine groups is 2. The first-order chi connectivity index (χ1) is 16.2. The number of amides is 1. The van der Waals surface area contributed by atoms with E-state index < -0.39 is 0 Å². The first kappa shape index (κ1) is 29.3. The van der Waals surface area contributed by atoms with E-state index in [4.69, 9.17) is 9.47 Å². The van der Waals surface area contributed by atoms with Crippen molar-refractivity contribution in [3.63, 3.8) is 0 Å². The van der Waals surface area contributed by atoms with Gasteiger partial charge in [-0.15, -0.1) is 10.6 Å². The predicted molar refractivity (Wildman–Crippen MR) is 131 cm³/mol. The van der Waals surface area contributed by atoms with E-state index in [1.54, 1.807) is 0 Å². The third kappa shape index (κ3) is 20.6. The Kier molecular flexibility index (Phi) is 19.6. The Balaban J connectivity index is 1.69. The van der Waals surface area contributed by atoms with E-state index in [0.717, 1.165) is 25.1 Å². The Hall–Kier alpha value is -1.71. The van der Waals surface area contributed by atoms with Crippen molar-refractivity contribution in [2.75, 3.05) is 33.0 Å². The maximum atomic E-state index is 11.8. The van der Waals surface area contributed by atoms with Crippen LogP contribution >= 0.6 is 0 Å². The van der Waals surface area contributed by atoms with Crippen LogP contribution in [0, 0.1) is 0 Å². The highest BCUT2D eigenvalue weighted by Crippen LogP contribution is 2.13. The summed E-state index contributed by atoms with van der Waals surface area (Å²) in [5.41, 5.74) is 8.43. The molecule has 0 bridgehead atoms. The van der Waals surface area contributed by atoms with Gasteiger partial charge in [0.05, 0.1) is 19.8 Å². The van der Waals surface area contributed by atoms with Gasteiger partial charge in [-0.05, 0) is 19.8 Å². The van der Waals surface area contributed by atoms with Crippen molar-refractivity contribution in [3.8, 4) is 0 Å². The second-order valence-corrected chi connectivity index (χ2v) is 8.73. The first-order valence-corrected chi connectivity index (χ1v) is 12.9. The van der Waals surface area contributed by atoms with Gasteiger partial charge in [-0.3, -0.25) is 15.0 Å². The zero-order valence-corrected chi connectivity index (χ0v) is 20.7. The monoisotopic (exact) mass is 469 g/mol. The zero-order valence-electron chi connectivity index (χ0n) is 20.7. The van der Waals surface area contributed by atoms with Crippen LogP contribution in [-0.2, 0) is 19.1 Å². The molecule has 9 heteroatoms. The van der Waals surface area contributed by atoms with Crippen molar-refractivity contribution in [3.05, 3.63) is 0 Å². The molecular weight excluding hydrogens is 422 g/mol. The Morgan fingerprint density at radius 1 is 0.788 bits per heavy atom. The minimum Gasteiger partial charge on any atom is -0.377 e. The summed E-state index contributed by atoms with van der Waals surface area (Å²) in [4.78, 5) is 22.5. The third-order valence-corrected chi connectivity index (χ3v) is 5.52. The lowest BCUT2D eigenvalue weighted by atomic mass is 10.0. The summed E-state index contributed by atoms with van der Waals surface area (Å²) >= 11 is 0. The van der Waals surface area contributed by atoms with Gasteiger partial charge in [-0.25, -0.2) is 5.53 Å². The molecule has 0 saturated carbocycles. The van der Waals surface area contributed by atoms with Gasteiger partial charge >= 0.3 is 0 Å². The Bertz CT molecular complexity index is 531. The first-order valence-electron chi connectivity index (χ1n) is 12.9. The summed E-state index contributed by atoms with van der Waals surface area (Å²) in [6, 6.07) is 0. The molecule has 1 rings (SSSR count). The van der Waals surface area contributed by atoms with Gasteiger partial charge in [0.15, 0.2) is 5.78 Å². The number of carbonyl (C=O) groups is 2. The highest BCUT2D eigenvalue weighted by atomic mass is 16.5. The number of hydrogen-bond donors (Lipinski definition) is 4. The van der Waals surface area contributed by atoms with Crippen LogP contribution in [0.1, 0.15) is 103 Å². The van der Waals surface area contributed by atoms with Crippen LogP contribution in [0.3, 0.4) is 0 Å². The number of carbonyl (C=O) groups excluding carboxylic acids is 2. The van der Waals surface area contributed by atoms with Gasteiger partial charge in [-0.1, -0.05) is 70.6 Å². The van der Waals surface area contributed by atoms with Crippen LogP contribution < -0.4 is 21.8 Å². The summed E-state index contributed by atoms with van der Waals surface area (Å²) in [5, 5.41) is 6.96. The Morgan fingerprint density at radius 2 is 1.36 bits per heavy atom. The molecule has 1 aliphatic rings. The molecular formula is C24H47N5O4. The fourth-order valence-electron chi connectivity index (χ4n) is 3.65. The molecule has 0 radical (unpaired) electrons. The normalized spacial score (nSPS) is 12.8. The van der Waals surface area contributed by atoms with Gasteiger partial charge in [0, 0.05) is 19.4 Å². The summed E-state index contributed by atoms with van der Waals surface area (Å²) in [7, 11) is 0. The van der Waals surface area contributed by atoms with Crippen LogP contribution in [0.15, 0.2) is 5.10 Å². The van der Waals surface area contributed by atoms with Crippen molar-refractivity contribution >= 4 is 17.5 Å². The van der Waals surface area contributed by atoms with E-state index in [9.17, 15) is 9.59 Å². The fraction of sp³-hybridized carbons (Fsp3) is 0.875. The van der Waals surface area contributed by atoms with Gasteiger partial charge in [-0.2, -0.15) is 0 Å². The maximum Gasteiger partial charge on any atom is 0.220 e. The van der Waals surface area contributed by atoms with Gasteiger partial charge in [0.2, 0.25) is 5.91 Å². The number of nitrogens with one attached hydrogen (secondary N) is 4. The molecule has 0 aromatic rings. The number of Topliss-reactive ketones (excluding diaryl/α,β-unsaturated/α-hetero) is 1. The van der Waals surface area contributed by atoms with E-state index in [0.29, 0.717) is 32.8 Å². The van der Waals surface area contributed by atoms with Crippen molar-refractivity contribution in [2.45, 2.75) is 103 Å². The minimum absolute atomic E-state index is 0.00999. The highest BCUT2D eigenvalue weighted by molar-refractivity contribution is 5.82. The van der Waals surface area contributed by atoms with Gasteiger partial charge < -0.3 is 14.8 Å². The van der Waals surface area contributed by atoms with Crippen LogP contribution in [-0.4, -0.2) is 50.5 Å². The molecule has 1 heterocycles.